The minimum absolute atomic E-state index is 0.283. The van der Waals surface area contributed by atoms with Gasteiger partial charge in [-0.1, -0.05) is 24.3 Å². The number of nitrogens with one attached hydrogen (secondary N) is 1. The Morgan fingerprint density at radius 2 is 2.14 bits per heavy atom. The van der Waals surface area contributed by atoms with Crippen molar-refractivity contribution in [2.45, 2.75) is 37.3 Å². The number of fused-ring (bicyclic) bond motifs is 4. The summed E-state index contributed by atoms with van der Waals surface area (Å²) >= 11 is 0. The van der Waals surface area contributed by atoms with Gasteiger partial charge >= 0.3 is 0 Å². The molecule has 2 heterocycles. The molecule has 146 valence electrons. The molecule has 1 fully saturated rings. The number of benzene rings is 1. The maximum atomic E-state index is 13.2. The first-order valence-electron chi connectivity index (χ1n) is 9.85. The average molecular weight is 390 g/mol. The number of amides is 1. The lowest BCUT2D eigenvalue weighted by atomic mass is 10.1. The normalized spacial score (nSPS) is 26.0. The van der Waals surface area contributed by atoms with Crippen LogP contribution in [0.1, 0.15) is 51.3 Å². The predicted molar refractivity (Wildman–Crippen MR) is 99.7 cm³/mol. The second kappa shape index (κ2) is 5.87. The molecule has 0 radical (unpaired) electrons. The van der Waals surface area contributed by atoms with Gasteiger partial charge in [-0.15, -0.1) is 0 Å². The highest BCUT2D eigenvalue weighted by molar-refractivity contribution is 5.95. The van der Waals surface area contributed by atoms with E-state index in [0.717, 1.165) is 40.0 Å². The number of rotatable bonds is 3. The number of hydrogen-bond donors (Lipinski definition) is 3. The van der Waals surface area contributed by atoms with Crippen LogP contribution in [0.4, 0.5) is 0 Å². The molecule has 0 saturated heterocycles. The topological polar surface area (TPSA) is 104 Å². The zero-order valence-electron chi connectivity index (χ0n) is 15.6. The van der Waals surface area contributed by atoms with Gasteiger partial charge in [0, 0.05) is 22.6 Å². The molecule has 4 atom stereocenters. The smallest absolute Gasteiger partial charge is 0.272 e. The predicted octanol–water partition coefficient (Wildman–Crippen LogP) is 0.840. The Balaban J connectivity index is 1.37. The van der Waals surface area contributed by atoms with Gasteiger partial charge in [-0.05, 0) is 29.9 Å². The van der Waals surface area contributed by atoms with E-state index in [9.17, 15) is 15.1 Å². The average Bonchev–Trinajstić information content (AvgIpc) is 3.06. The number of aliphatic hydroxyl groups is 1. The molecule has 1 amide bonds. The molecule has 6 rings (SSSR count). The van der Waals surface area contributed by atoms with Crippen LogP contribution in [0.25, 0.3) is 5.82 Å². The molecule has 0 bridgehead atoms. The molecule has 3 N–H and O–H groups in total. The highest BCUT2D eigenvalue weighted by Crippen LogP contribution is 2.57. The minimum atomic E-state index is -0.649. The SMILES string of the molecule is O=C(N[C@H]1c2ccccc2C[C@@H]1O)c1nn(-c2c[n+](O)ccn2)c2c1C[C@@H]1C[C@H]21. The molecule has 0 spiro atoms. The molecule has 1 saturated carbocycles. The fourth-order valence-corrected chi connectivity index (χ4v) is 4.91. The molecule has 1 aromatic carbocycles. The van der Waals surface area contributed by atoms with Gasteiger partial charge in [-0.25, -0.2) is 9.67 Å². The molecule has 3 aliphatic carbocycles. The molecule has 3 aliphatic rings. The first kappa shape index (κ1) is 16.7. The van der Waals surface area contributed by atoms with Gasteiger partial charge in [0.2, 0.25) is 12.0 Å². The summed E-state index contributed by atoms with van der Waals surface area (Å²) in [5, 5.41) is 27.8. The summed E-state index contributed by atoms with van der Waals surface area (Å²) in [4.78, 5) is 17.5. The molecule has 0 unspecified atom stereocenters. The van der Waals surface area contributed by atoms with Gasteiger partial charge in [0.1, 0.15) is 0 Å². The van der Waals surface area contributed by atoms with Crippen LogP contribution in [-0.2, 0) is 12.8 Å². The number of aliphatic hydroxyl groups excluding tert-OH is 1. The van der Waals surface area contributed by atoms with Gasteiger partial charge in [-0.2, -0.15) is 5.10 Å². The third-order valence-corrected chi connectivity index (χ3v) is 6.36. The van der Waals surface area contributed by atoms with Crippen molar-refractivity contribution >= 4 is 5.91 Å². The van der Waals surface area contributed by atoms with Crippen LogP contribution >= 0.6 is 0 Å². The van der Waals surface area contributed by atoms with E-state index in [1.54, 1.807) is 4.68 Å². The van der Waals surface area contributed by atoms with Crippen molar-refractivity contribution < 1.29 is 19.8 Å². The molecular weight excluding hydrogens is 370 g/mol. The summed E-state index contributed by atoms with van der Waals surface area (Å²) in [6.45, 7) is 0. The monoisotopic (exact) mass is 390 g/mol. The summed E-state index contributed by atoms with van der Waals surface area (Å²) in [7, 11) is 0. The van der Waals surface area contributed by atoms with Gasteiger partial charge in [0.05, 0.1) is 24.0 Å². The van der Waals surface area contributed by atoms with Gasteiger partial charge in [-0.3, -0.25) is 10.0 Å². The molecule has 29 heavy (non-hydrogen) atoms. The Hall–Kier alpha value is -3.26. The number of nitrogens with zero attached hydrogens (tertiary/aromatic N) is 4. The van der Waals surface area contributed by atoms with Crippen LogP contribution in [0.2, 0.25) is 0 Å². The Morgan fingerprint density at radius 3 is 3.00 bits per heavy atom. The van der Waals surface area contributed by atoms with Crippen molar-refractivity contribution in [1.82, 2.24) is 20.1 Å². The van der Waals surface area contributed by atoms with Gasteiger partial charge in [0.15, 0.2) is 5.69 Å². The molecule has 2 aromatic heterocycles. The lowest BCUT2D eigenvalue weighted by Crippen LogP contribution is -2.34. The second-order valence-electron chi connectivity index (χ2n) is 8.15. The molecular formula is C21H20N5O3+. The van der Waals surface area contributed by atoms with Crippen LogP contribution in [0.5, 0.6) is 0 Å². The zero-order chi connectivity index (χ0) is 19.7. The summed E-state index contributed by atoms with van der Waals surface area (Å²) in [5.74, 6) is 1.15. The van der Waals surface area contributed by atoms with E-state index in [4.69, 9.17) is 0 Å². The number of aromatic nitrogens is 4. The van der Waals surface area contributed by atoms with E-state index in [1.165, 1.54) is 18.6 Å². The molecule has 3 aromatic rings. The molecule has 8 nitrogen and oxygen atoms in total. The maximum Gasteiger partial charge on any atom is 0.272 e. The van der Waals surface area contributed by atoms with Crippen LogP contribution in [0.15, 0.2) is 42.9 Å². The third kappa shape index (κ3) is 2.49. The Morgan fingerprint density at radius 1 is 1.28 bits per heavy atom. The van der Waals surface area contributed by atoms with E-state index < -0.39 is 12.1 Å². The van der Waals surface area contributed by atoms with Gasteiger partial charge < -0.3 is 10.4 Å². The fourth-order valence-electron chi connectivity index (χ4n) is 4.91. The van der Waals surface area contributed by atoms with Crippen LogP contribution < -0.4 is 10.0 Å². The summed E-state index contributed by atoms with van der Waals surface area (Å²) in [5.41, 5.74) is 4.38. The maximum absolute atomic E-state index is 13.2. The summed E-state index contributed by atoms with van der Waals surface area (Å²) < 4.78 is 2.62. The Bertz CT molecular complexity index is 1160. The van der Waals surface area contributed by atoms with Crippen molar-refractivity contribution in [1.29, 1.82) is 0 Å². The summed E-state index contributed by atoms with van der Waals surface area (Å²) in [6.07, 6.45) is 6.21. The van der Waals surface area contributed by atoms with Gasteiger partial charge in [0.25, 0.3) is 12.1 Å². The Labute approximate surface area is 166 Å². The highest BCUT2D eigenvalue weighted by atomic mass is 16.5. The number of hydrogen-bond acceptors (Lipinski definition) is 5. The van der Waals surface area contributed by atoms with Crippen LogP contribution in [-0.4, -0.2) is 37.1 Å². The fraction of sp³-hybridized carbons (Fsp3) is 0.333. The van der Waals surface area contributed by atoms with E-state index in [0.29, 0.717) is 29.8 Å². The van der Waals surface area contributed by atoms with Crippen molar-refractivity contribution in [2.75, 3.05) is 0 Å². The zero-order valence-corrected chi connectivity index (χ0v) is 15.6. The largest absolute Gasteiger partial charge is 0.390 e. The Kier molecular flexibility index (Phi) is 3.37. The van der Waals surface area contributed by atoms with E-state index in [1.807, 2.05) is 24.3 Å². The van der Waals surface area contributed by atoms with Crippen molar-refractivity contribution in [2.24, 2.45) is 5.92 Å². The van der Waals surface area contributed by atoms with Crippen molar-refractivity contribution in [3.8, 4) is 5.82 Å². The van der Waals surface area contributed by atoms with E-state index in [-0.39, 0.29) is 5.91 Å². The highest BCUT2D eigenvalue weighted by Gasteiger charge is 2.50. The first-order chi connectivity index (χ1) is 14.1. The summed E-state index contributed by atoms with van der Waals surface area (Å²) in [6, 6.07) is 7.35. The van der Waals surface area contributed by atoms with Crippen molar-refractivity contribution in [3.63, 3.8) is 0 Å². The van der Waals surface area contributed by atoms with E-state index in [2.05, 4.69) is 15.4 Å². The standard InChI is InChI=1S/C21H19N5O3/c27-16-9-11-3-1-2-4-13(11)18(16)23-21(28)19-15-8-12-7-14(12)20(15)26(24-19)17-10-25(29)6-5-22-17/h1-6,10,12,14,16,18,27H,7-9H2,(H-,22,23,28,29)/p+1/t12-,14-,16-,18-/m0/s1. The van der Waals surface area contributed by atoms with Crippen LogP contribution in [0, 0.1) is 5.92 Å². The first-order valence-corrected chi connectivity index (χ1v) is 9.85. The lowest BCUT2D eigenvalue weighted by molar-refractivity contribution is -0.904. The number of carbonyl (C=O) groups is 1. The quantitative estimate of drug-likeness (QED) is 0.454. The third-order valence-electron chi connectivity index (χ3n) is 6.36. The lowest BCUT2D eigenvalue weighted by Gasteiger charge is -2.17. The number of carbonyl (C=O) groups excluding carboxylic acids is 1. The minimum Gasteiger partial charge on any atom is -0.390 e. The van der Waals surface area contributed by atoms with E-state index >= 15 is 0 Å². The van der Waals surface area contributed by atoms with Crippen LogP contribution in [0.3, 0.4) is 0 Å². The second-order valence-corrected chi connectivity index (χ2v) is 8.15. The molecule has 0 aliphatic heterocycles. The van der Waals surface area contributed by atoms with Crippen molar-refractivity contribution in [3.05, 3.63) is 70.9 Å². The molecule has 8 heteroatoms.